The number of aryl methyl sites for hydroxylation is 1. The Balaban J connectivity index is 2.33. The third-order valence-corrected chi connectivity index (χ3v) is 4.14. The lowest BCUT2D eigenvalue weighted by Gasteiger charge is -2.28. The zero-order valence-electron chi connectivity index (χ0n) is 11.9. The van der Waals surface area contributed by atoms with Crippen molar-refractivity contribution in [2.24, 2.45) is 5.92 Å². The molecule has 1 nitrogen and oxygen atoms in total. The molecule has 0 N–H and O–H groups in total. The molecule has 2 rings (SSSR count). The van der Waals surface area contributed by atoms with Crippen LogP contribution in [0.4, 0.5) is 8.78 Å². The van der Waals surface area contributed by atoms with Crippen LogP contribution in [0.1, 0.15) is 56.6 Å². The molecule has 3 heteroatoms. The molecule has 1 saturated carbocycles. The van der Waals surface area contributed by atoms with E-state index in [1.165, 1.54) is 0 Å². The van der Waals surface area contributed by atoms with E-state index in [1.807, 2.05) is 6.92 Å². The van der Waals surface area contributed by atoms with Gasteiger partial charge in [-0.05, 0) is 55.7 Å². The van der Waals surface area contributed by atoms with Crippen LogP contribution in [0, 0.1) is 24.5 Å². The van der Waals surface area contributed by atoms with Gasteiger partial charge in [-0.1, -0.05) is 19.8 Å². The molecule has 106 valence electrons. The van der Waals surface area contributed by atoms with E-state index in [0.717, 1.165) is 31.2 Å². The van der Waals surface area contributed by atoms with Crippen molar-refractivity contribution in [2.45, 2.75) is 52.4 Å². The molecular formula is C16H22F2O. The highest BCUT2D eigenvalue weighted by molar-refractivity contribution is 5.40. The van der Waals surface area contributed by atoms with Crippen molar-refractivity contribution in [1.82, 2.24) is 0 Å². The Morgan fingerprint density at radius 2 is 1.79 bits per heavy atom. The number of hydrogen-bond acceptors (Lipinski definition) is 1. The van der Waals surface area contributed by atoms with Crippen molar-refractivity contribution in [3.05, 3.63) is 28.8 Å². The maximum absolute atomic E-state index is 14.3. The summed E-state index contributed by atoms with van der Waals surface area (Å²) in [6.07, 6.45) is 4.09. The monoisotopic (exact) mass is 268 g/mol. The lowest BCUT2D eigenvalue weighted by molar-refractivity contribution is 0.307. The molecule has 0 aromatic heterocycles. The van der Waals surface area contributed by atoms with E-state index in [2.05, 4.69) is 6.92 Å². The van der Waals surface area contributed by atoms with Gasteiger partial charge in [-0.2, -0.15) is 4.39 Å². The van der Waals surface area contributed by atoms with Gasteiger partial charge in [-0.25, -0.2) is 4.39 Å². The van der Waals surface area contributed by atoms with Gasteiger partial charge in [0.05, 0.1) is 6.61 Å². The number of ether oxygens (including phenoxy) is 1. The van der Waals surface area contributed by atoms with Crippen LogP contribution in [0.3, 0.4) is 0 Å². The standard InChI is InChI=1S/C16H22F2O/c1-4-19-13-9-11(3)14(16(18)15(13)17)12-7-5-10(2)6-8-12/h9-10,12H,4-8H2,1-3H3. The molecular weight excluding hydrogens is 246 g/mol. The molecule has 19 heavy (non-hydrogen) atoms. The second-order valence-corrected chi connectivity index (χ2v) is 5.62. The molecule has 1 aliphatic rings. The summed E-state index contributed by atoms with van der Waals surface area (Å²) in [7, 11) is 0. The van der Waals surface area contributed by atoms with E-state index >= 15 is 0 Å². The largest absolute Gasteiger partial charge is 0.491 e. The van der Waals surface area contributed by atoms with E-state index in [9.17, 15) is 8.78 Å². The smallest absolute Gasteiger partial charge is 0.200 e. The SMILES string of the molecule is CCOc1cc(C)c(C2CCC(C)CC2)c(F)c1F. The quantitative estimate of drug-likeness (QED) is 0.752. The number of hydrogen-bond donors (Lipinski definition) is 0. The van der Waals surface area contributed by atoms with Gasteiger partial charge in [0, 0.05) is 0 Å². The molecule has 1 fully saturated rings. The second kappa shape index (κ2) is 5.89. The van der Waals surface area contributed by atoms with E-state index in [4.69, 9.17) is 4.74 Å². The fraction of sp³-hybridized carbons (Fsp3) is 0.625. The lowest BCUT2D eigenvalue weighted by atomic mass is 9.78. The van der Waals surface area contributed by atoms with Crippen LogP contribution in [0.5, 0.6) is 5.75 Å². The topological polar surface area (TPSA) is 9.23 Å². The minimum atomic E-state index is -0.832. The van der Waals surface area contributed by atoms with Crippen LogP contribution >= 0.6 is 0 Å². The highest BCUT2D eigenvalue weighted by Gasteiger charge is 2.27. The van der Waals surface area contributed by atoms with Gasteiger partial charge in [0.1, 0.15) is 0 Å². The summed E-state index contributed by atoms with van der Waals surface area (Å²) < 4.78 is 33.4. The first kappa shape index (κ1) is 14.3. The van der Waals surface area contributed by atoms with E-state index < -0.39 is 11.6 Å². The summed E-state index contributed by atoms with van der Waals surface area (Å²) in [5.74, 6) is -0.650. The first-order chi connectivity index (χ1) is 9.04. The second-order valence-electron chi connectivity index (χ2n) is 5.62. The zero-order valence-corrected chi connectivity index (χ0v) is 11.9. The molecule has 1 aromatic carbocycles. The summed E-state index contributed by atoms with van der Waals surface area (Å²) >= 11 is 0. The number of rotatable bonds is 3. The van der Waals surface area contributed by atoms with Gasteiger partial charge >= 0.3 is 0 Å². The molecule has 1 aromatic rings. The van der Waals surface area contributed by atoms with Crippen molar-refractivity contribution >= 4 is 0 Å². The average molecular weight is 268 g/mol. The van der Waals surface area contributed by atoms with Gasteiger partial charge in [0.15, 0.2) is 11.6 Å². The van der Waals surface area contributed by atoms with E-state index in [1.54, 1.807) is 13.0 Å². The Kier molecular flexibility index (Phi) is 4.43. The Hall–Kier alpha value is -1.12. The van der Waals surface area contributed by atoms with E-state index in [-0.39, 0.29) is 11.7 Å². The molecule has 1 aliphatic carbocycles. The minimum absolute atomic E-state index is 0.0328. The van der Waals surface area contributed by atoms with Crippen molar-refractivity contribution in [3.63, 3.8) is 0 Å². The summed E-state index contributed by atoms with van der Waals surface area (Å²) in [6.45, 7) is 6.18. The number of benzene rings is 1. The fourth-order valence-electron chi connectivity index (χ4n) is 3.05. The summed E-state index contributed by atoms with van der Waals surface area (Å²) in [4.78, 5) is 0. The summed E-state index contributed by atoms with van der Waals surface area (Å²) in [5, 5.41) is 0. The van der Waals surface area contributed by atoms with Crippen molar-refractivity contribution in [1.29, 1.82) is 0 Å². The highest BCUT2D eigenvalue weighted by Crippen LogP contribution is 2.40. The predicted molar refractivity (Wildman–Crippen MR) is 72.6 cm³/mol. The maximum Gasteiger partial charge on any atom is 0.200 e. The Labute approximate surface area is 114 Å². The maximum atomic E-state index is 14.3. The van der Waals surface area contributed by atoms with Crippen molar-refractivity contribution < 1.29 is 13.5 Å². The van der Waals surface area contributed by atoms with Crippen molar-refractivity contribution in [2.75, 3.05) is 6.61 Å². The predicted octanol–water partition coefficient (Wildman–Crippen LogP) is 4.97. The molecule has 0 saturated heterocycles. The third kappa shape index (κ3) is 2.90. The first-order valence-corrected chi connectivity index (χ1v) is 7.15. The van der Waals surface area contributed by atoms with Crippen LogP contribution in [-0.2, 0) is 0 Å². The molecule has 0 amide bonds. The van der Waals surface area contributed by atoms with E-state index in [0.29, 0.717) is 18.1 Å². The van der Waals surface area contributed by atoms with Crippen LogP contribution in [0.15, 0.2) is 6.07 Å². The Morgan fingerprint density at radius 1 is 1.16 bits per heavy atom. The van der Waals surface area contributed by atoms with Gasteiger partial charge in [-0.15, -0.1) is 0 Å². The van der Waals surface area contributed by atoms with Gasteiger partial charge in [0.2, 0.25) is 5.82 Å². The third-order valence-electron chi connectivity index (χ3n) is 4.14. The first-order valence-electron chi connectivity index (χ1n) is 7.15. The summed E-state index contributed by atoms with van der Waals surface area (Å²) in [5.41, 5.74) is 1.37. The van der Waals surface area contributed by atoms with Crippen molar-refractivity contribution in [3.8, 4) is 5.75 Å². The summed E-state index contributed by atoms with van der Waals surface area (Å²) in [6, 6.07) is 1.63. The van der Waals surface area contributed by atoms with Gasteiger partial charge in [-0.3, -0.25) is 0 Å². The van der Waals surface area contributed by atoms with Gasteiger partial charge < -0.3 is 4.74 Å². The number of halogens is 2. The molecule has 0 unspecified atom stereocenters. The average Bonchev–Trinajstić information content (AvgIpc) is 2.38. The molecule has 0 bridgehead atoms. The van der Waals surface area contributed by atoms with Crippen LogP contribution in [0.2, 0.25) is 0 Å². The molecule has 0 atom stereocenters. The highest BCUT2D eigenvalue weighted by atomic mass is 19.2. The Morgan fingerprint density at radius 3 is 2.37 bits per heavy atom. The Bertz CT molecular complexity index is 449. The molecule has 0 radical (unpaired) electrons. The normalized spacial score (nSPS) is 23.4. The molecule has 0 aliphatic heterocycles. The fourth-order valence-corrected chi connectivity index (χ4v) is 3.05. The molecule has 0 spiro atoms. The molecule has 0 heterocycles. The lowest BCUT2D eigenvalue weighted by Crippen LogP contribution is -2.14. The van der Waals surface area contributed by atoms with Crippen LogP contribution < -0.4 is 4.74 Å². The van der Waals surface area contributed by atoms with Crippen LogP contribution in [0.25, 0.3) is 0 Å². The zero-order chi connectivity index (χ0) is 14.0. The van der Waals surface area contributed by atoms with Gasteiger partial charge in [0.25, 0.3) is 0 Å². The minimum Gasteiger partial charge on any atom is -0.491 e. The van der Waals surface area contributed by atoms with Crippen LogP contribution in [-0.4, -0.2) is 6.61 Å².